The highest BCUT2D eigenvalue weighted by molar-refractivity contribution is 5.91. The van der Waals surface area contributed by atoms with E-state index < -0.39 is 18.1 Å². The van der Waals surface area contributed by atoms with E-state index >= 15 is 0 Å². The number of halogens is 1. The summed E-state index contributed by atoms with van der Waals surface area (Å²) in [5.74, 6) is -1.05. The minimum absolute atomic E-state index is 0.245. The fraction of sp³-hybridized carbons (Fsp3) is 0.619. The molecule has 2 aliphatic rings. The Bertz CT molecular complexity index is 749. The quantitative estimate of drug-likeness (QED) is 0.560. The second-order valence-corrected chi connectivity index (χ2v) is 8.01. The van der Waals surface area contributed by atoms with E-state index in [9.17, 15) is 19.1 Å². The van der Waals surface area contributed by atoms with Crippen molar-refractivity contribution in [2.24, 2.45) is 5.92 Å². The Morgan fingerprint density at radius 3 is 2.53 bits per heavy atom. The normalized spacial score (nSPS) is 19.6. The summed E-state index contributed by atoms with van der Waals surface area (Å²) in [5, 5.41) is 13.1. The Balaban J connectivity index is 1.46. The van der Waals surface area contributed by atoms with E-state index in [0.29, 0.717) is 25.3 Å². The summed E-state index contributed by atoms with van der Waals surface area (Å²) < 4.78 is 18.4. The van der Waals surface area contributed by atoms with Crippen molar-refractivity contribution in [2.45, 2.75) is 37.9 Å². The standard InChI is InChI=1S/C21H31FN4O4/c1-30-19(21(29)26-8-2-3-9-26)18(27)20(28)24-13-14-6-10-25(11-7-14)17-5-4-15(22)12-16(17)23/h4-5,12,14,18-19,27H,2-3,6-11,13,23H2,1H3,(H,24,28)/t18-,19-/m1/s1. The fourth-order valence-electron chi connectivity index (χ4n) is 4.16. The molecule has 0 saturated carbocycles. The lowest BCUT2D eigenvalue weighted by Crippen LogP contribution is -2.52. The maximum atomic E-state index is 13.2. The van der Waals surface area contributed by atoms with Gasteiger partial charge in [-0.1, -0.05) is 0 Å². The number of methoxy groups -OCH3 is 1. The van der Waals surface area contributed by atoms with Gasteiger partial charge in [-0.15, -0.1) is 0 Å². The highest BCUT2D eigenvalue weighted by Gasteiger charge is 2.36. The van der Waals surface area contributed by atoms with Gasteiger partial charge in [0, 0.05) is 39.8 Å². The molecule has 9 heteroatoms. The van der Waals surface area contributed by atoms with Crippen molar-refractivity contribution in [3.8, 4) is 0 Å². The molecule has 2 fully saturated rings. The molecule has 3 rings (SSSR count). The van der Waals surface area contributed by atoms with Crippen LogP contribution >= 0.6 is 0 Å². The number of aliphatic hydroxyl groups excluding tert-OH is 1. The van der Waals surface area contributed by atoms with Crippen LogP contribution in [0.4, 0.5) is 15.8 Å². The Labute approximate surface area is 176 Å². The first-order chi connectivity index (χ1) is 14.4. The van der Waals surface area contributed by atoms with Crippen LogP contribution in [0.5, 0.6) is 0 Å². The molecule has 0 aromatic heterocycles. The van der Waals surface area contributed by atoms with Crippen molar-refractivity contribution in [2.75, 3.05) is 50.5 Å². The smallest absolute Gasteiger partial charge is 0.254 e. The number of piperidine rings is 1. The number of nitrogen functional groups attached to an aromatic ring is 1. The summed E-state index contributed by atoms with van der Waals surface area (Å²) in [6.07, 6.45) is 0.773. The molecular formula is C21H31FN4O4. The molecule has 0 spiro atoms. The zero-order valence-corrected chi connectivity index (χ0v) is 17.3. The number of nitrogens with zero attached hydrogens (tertiary/aromatic N) is 2. The Morgan fingerprint density at radius 1 is 1.27 bits per heavy atom. The van der Waals surface area contributed by atoms with Crippen LogP contribution in [0.15, 0.2) is 18.2 Å². The summed E-state index contributed by atoms with van der Waals surface area (Å²) in [6.45, 7) is 3.16. The number of likely N-dealkylation sites (tertiary alicyclic amines) is 1. The number of nitrogens with two attached hydrogens (primary N) is 1. The number of hydrogen-bond donors (Lipinski definition) is 3. The first-order valence-electron chi connectivity index (χ1n) is 10.5. The van der Waals surface area contributed by atoms with Gasteiger partial charge in [-0.3, -0.25) is 9.59 Å². The predicted octanol–water partition coefficient (Wildman–Crippen LogP) is 0.739. The minimum atomic E-state index is -1.54. The largest absolute Gasteiger partial charge is 0.397 e. The molecule has 4 N–H and O–H groups in total. The molecule has 1 aromatic carbocycles. The molecule has 8 nitrogen and oxygen atoms in total. The predicted molar refractivity (Wildman–Crippen MR) is 111 cm³/mol. The molecule has 2 heterocycles. The van der Waals surface area contributed by atoms with E-state index in [4.69, 9.17) is 10.5 Å². The van der Waals surface area contributed by atoms with Crippen LogP contribution in [0.25, 0.3) is 0 Å². The van der Waals surface area contributed by atoms with Gasteiger partial charge in [-0.25, -0.2) is 4.39 Å². The van der Waals surface area contributed by atoms with Crippen molar-refractivity contribution >= 4 is 23.2 Å². The zero-order valence-electron chi connectivity index (χ0n) is 17.3. The molecular weight excluding hydrogens is 391 g/mol. The molecule has 1 aromatic rings. The lowest BCUT2D eigenvalue weighted by molar-refractivity contribution is -0.155. The van der Waals surface area contributed by atoms with E-state index in [2.05, 4.69) is 10.2 Å². The number of amides is 2. The molecule has 166 valence electrons. The summed E-state index contributed by atoms with van der Waals surface area (Å²) in [5.41, 5.74) is 7.15. The van der Waals surface area contributed by atoms with Crippen LogP contribution < -0.4 is 16.0 Å². The number of carbonyl (C=O) groups is 2. The molecule has 30 heavy (non-hydrogen) atoms. The first kappa shape index (κ1) is 22.3. The Kier molecular flexibility index (Phi) is 7.49. The monoisotopic (exact) mass is 422 g/mol. The highest BCUT2D eigenvalue weighted by atomic mass is 19.1. The molecule has 2 amide bonds. The molecule has 0 bridgehead atoms. The summed E-state index contributed by atoms with van der Waals surface area (Å²) in [6, 6.07) is 4.40. The topological polar surface area (TPSA) is 108 Å². The Morgan fingerprint density at radius 2 is 1.93 bits per heavy atom. The van der Waals surface area contributed by atoms with Crippen LogP contribution in [-0.2, 0) is 14.3 Å². The van der Waals surface area contributed by atoms with E-state index in [-0.39, 0.29) is 17.6 Å². The van der Waals surface area contributed by atoms with Gasteiger partial charge in [0.25, 0.3) is 11.8 Å². The summed E-state index contributed by atoms with van der Waals surface area (Å²) >= 11 is 0. The molecule has 0 aliphatic carbocycles. The van der Waals surface area contributed by atoms with Gasteiger partial charge in [-0.05, 0) is 49.8 Å². The van der Waals surface area contributed by atoms with Gasteiger partial charge in [0.1, 0.15) is 5.82 Å². The minimum Gasteiger partial charge on any atom is -0.397 e. The SMILES string of the molecule is CO[C@@H](C(=O)N1CCCC1)[C@@H](O)C(=O)NCC1CCN(c2ccc(F)cc2N)CC1. The number of rotatable bonds is 7. The summed E-state index contributed by atoms with van der Waals surface area (Å²) in [4.78, 5) is 28.6. The van der Waals surface area contributed by atoms with Gasteiger partial charge < -0.3 is 30.7 Å². The summed E-state index contributed by atoms with van der Waals surface area (Å²) in [7, 11) is 1.33. The first-order valence-corrected chi connectivity index (χ1v) is 10.5. The molecule has 2 aliphatic heterocycles. The third kappa shape index (κ3) is 5.20. The number of nitrogens with one attached hydrogen (secondary N) is 1. The van der Waals surface area contributed by atoms with E-state index in [1.165, 1.54) is 19.2 Å². The number of anilines is 2. The van der Waals surface area contributed by atoms with Crippen molar-refractivity contribution in [3.63, 3.8) is 0 Å². The van der Waals surface area contributed by atoms with Crippen molar-refractivity contribution < 1.29 is 23.8 Å². The second kappa shape index (κ2) is 10.1. The maximum absolute atomic E-state index is 13.2. The number of benzene rings is 1. The van der Waals surface area contributed by atoms with Crippen LogP contribution in [0.1, 0.15) is 25.7 Å². The van der Waals surface area contributed by atoms with E-state index in [0.717, 1.165) is 44.5 Å². The number of carbonyl (C=O) groups excluding carboxylic acids is 2. The van der Waals surface area contributed by atoms with Crippen molar-refractivity contribution in [1.82, 2.24) is 10.2 Å². The average Bonchev–Trinajstić information content (AvgIpc) is 3.28. The Hall–Kier alpha value is -2.39. The van der Waals surface area contributed by atoms with Crippen LogP contribution in [0.3, 0.4) is 0 Å². The highest BCUT2D eigenvalue weighted by Crippen LogP contribution is 2.28. The van der Waals surface area contributed by atoms with Gasteiger partial charge >= 0.3 is 0 Å². The van der Waals surface area contributed by atoms with Gasteiger partial charge in [0.05, 0.1) is 11.4 Å². The molecule has 2 atom stereocenters. The number of aliphatic hydroxyl groups is 1. The van der Waals surface area contributed by atoms with Crippen LogP contribution in [0.2, 0.25) is 0 Å². The average molecular weight is 423 g/mol. The van der Waals surface area contributed by atoms with Crippen LogP contribution in [0, 0.1) is 11.7 Å². The van der Waals surface area contributed by atoms with E-state index in [1.54, 1.807) is 11.0 Å². The molecule has 2 saturated heterocycles. The van der Waals surface area contributed by atoms with Crippen molar-refractivity contribution in [3.05, 3.63) is 24.0 Å². The van der Waals surface area contributed by atoms with Crippen molar-refractivity contribution in [1.29, 1.82) is 0 Å². The fourth-order valence-corrected chi connectivity index (χ4v) is 4.16. The third-order valence-electron chi connectivity index (χ3n) is 5.98. The zero-order chi connectivity index (χ0) is 21.7. The number of ether oxygens (including phenoxy) is 1. The van der Waals surface area contributed by atoms with Gasteiger partial charge in [0.2, 0.25) is 0 Å². The lowest BCUT2D eigenvalue weighted by Gasteiger charge is -2.34. The molecule has 0 unspecified atom stereocenters. The van der Waals surface area contributed by atoms with Crippen LogP contribution in [-0.4, -0.2) is 73.9 Å². The number of hydrogen-bond acceptors (Lipinski definition) is 6. The third-order valence-corrected chi connectivity index (χ3v) is 5.98. The molecule has 0 radical (unpaired) electrons. The lowest BCUT2D eigenvalue weighted by atomic mass is 9.96. The van der Waals surface area contributed by atoms with Gasteiger partial charge in [-0.2, -0.15) is 0 Å². The second-order valence-electron chi connectivity index (χ2n) is 8.01. The van der Waals surface area contributed by atoms with E-state index in [1.807, 2.05) is 0 Å². The maximum Gasteiger partial charge on any atom is 0.254 e. The van der Waals surface area contributed by atoms with Gasteiger partial charge in [0.15, 0.2) is 12.2 Å².